The Hall–Kier alpha value is -2.28. The minimum atomic E-state index is -0.246. The Morgan fingerprint density at radius 1 is 1.23 bits per heavy atom. The van der Waals surface area contributed by atoms with E-state index in [4.69, 9.17) is 21.1 Å². The molecule has 0 aromatic heterocycles. The van der Waals surface area contributed by atoms with Crippen LogP contribution in [-0.4, -0.2) is 50.2 Å². The van der Waals surface area contributed by atoms with Gasteiger partial charge in [0, 0.05) is 35.9 Å². The van der Waals surface area contributed by atoms with E-state index in [0.717, 1.165) is 29.9 Å². The van der Waals surface area contributed by atoms with Crippen LogP contribution in [0.5, 0.6) is 11.5 Å². The van der Waals surface area contributed by atoms with Crippen molar-refractivity contribution in [3.05, 3.63) is 52.5 Å². The van der Waals surface area contributed by atoms with Gasteiger partial charge in [-0.3, -0.25) is 9.69 Å². The molecule has 31 heavy (non-hydrogen) atoms. The molecule has 6 nitrogen and oxygen atoms in total. The molecule has 1 fully saturated rings. The molecule has 1 aliphatic rings. The van der Waals surface area contributed by atoms with Gasteiger partial charge in [-0.2, -0.15) is 0 Å². The first kappa shape index (κ1) is 23.4. The Morgan fingerprint density at radius 2 is 2.00 bits per heavy atom. The number of nitrogens with zero attached hydrogens (tertiary/aromatic N) is 1. The zero-order chi connectivity index (χ0) is 22.2. The van der Waals surface area contributed by atoms with E-state index in [9.17, 15) is 4.79 Å². The highest BCUT2D eigenvalue weighted by atomic mass is 35.5. The molecule has 1 amide bonds. The number of ether oxygens (including phenoxy) is 2. The second kappa shape index (κ2) is 11.4. The third-order valence-corrected chi connectivity index (χ3v) is 5.98. The van der Waals surface area contributed by atoms with Gasteiger partial charge in [0.05, 0.1) is 7.11 Å². The first-order valence-corrected chi connectivity index (χ1v) is 11.2. The number of methoxy groups -OCH3 is 1. The van der Waals surface area contributed by atoms with Gasteiger partial charge in [0.2, 0.25) is 0 Å². The van der Waals surface area contributed by atoms with Gasteiger partial charge in [0.25, 0.3) is 5.91 Å². The standard InChI is InChI=1S/C24H32ClN3O3/c1-4-28-11-5-6-20(28)15-26-14-18-12-22(30-3)23(13-21(18)25)31-16-24(29)27-19-9-7-17(2)8-10-19/h7-10,12-13,20,26H,4-6,11,14-16H2,1-3H3,(H,27,29). The van der Waals surface area contributed by atoms with Crippen LogP contribution in [0.25, 0.3) is 0 Å². The number of amides is 1. The number of hydrogen-bond donors (Lipinski definition) is 2. The van der Waals surface area contributed by atoms with Crippen molar-refractivity contribution in [2.45, 2.75) is 39.3 Å². The first-order valence-electron chi connectivity index (χ1n) is 10.8. The second-order valence-corrected chi connectivity index (χ2v) is 8.26. The molecule has 2 aromatic carbocycles. The molecule has 0 saturated carbocycles. The highest BCUT2D eigenvalue weighted by Crippen LogP contribution is 2.33. The van der Waals surface area contributed by atoms with Crippen molar-refractivity contribution in [2.75, 3.05) is 38.7 Å². The monoisotopic (exact) mass is 445 g/mol. The minimum Gasteiger partial charge on any atom is -0.493 e. The van der Waals surface area contributed by atoms with E-state index < -0.39 is 0 Å². The molecule has 7 heteroatoms. The van der Waals surface area contributed by atoms with Crippen LogP contribution in [0.3, 0.4) is 0 Å². The summed E-state index contributed by atoms with van der Waals surface area (Å²) in [5, 5.41) is 6.91. The molecule has 0 radical (unpaired) electrons. The highest BCUT2D eigenvalue weighted by Gasteiger charge is 2.22. The van der Waals surface area contributed by atoms with Gasteiger partial charge < -0.3 is 20.1 Å². The number of benzene rings is 2. The molecule has 0 bridgehead atoms. The van der Waals surface area contributed by atoms with Crippen molar-refractivity contribution in [3.63, 3.8) is 0 Å². The molecule has 1 heterocycles. The largest absolute Gasteiger partial charge is 0.493 e. The Labute approximate surface area is 189 Å². The first-order chi connectivity index (χ1) is 15.0. The average molecular weight is 446 g/mol. The Balaban J connectivity index is 1.54. The molecule has 1 aliphatic heterocycles. The van der Waals surface area contributed by atoms with Crippen LogP contribution in [-0.2, 0) is 11.3 Å². The van der Waals surface area contributed by atoms with Gasteiger partial charge >= 0.3 is 0 Å². The number of likely N-dealkylation sites (tertiary alicyclic amines) is 1. The molecule has 0 aliphatic carbocycles. The number of rotatable bonds is 10. The molecule has 3 rings (SSSR count). The summed E-state index contributed by atoms with van der Waals surface area (Å²) in [7, 11) is 1.58. The van der Waals surface area contributed by atoms with Crippen molar-refractivity contribution in [1.29, 1.82) is 0 Å². The lowest BCUT2D eigenvalue weighted by molar-refractivity contribution is -0.118. The molecule has 168 valence electrons. The lowest BCUT2D eigenvalue weighted by atomic mass is 10.1. The average Bonchev–Trinajstić information content (AvgIpc) is 3.22. The number of carbonyl (C=O) groups excluding carboxylic acids is 1. The second-order valence-electron chi connectivity index (χ2n) is 7.85. The third-order valence-electron chi connectivity index (χ3n) is 5.63. The molecule has 1 saturated heterocycles. The van der Waals surface area contributed by atoms with E-state index in [1.165, 1.54) is 19.4 Å². The summed E-state index contributed by atoms with van der Waals surface area (Å²) in [4.78, 5) is 14.7. The topological polar surface area (TPSA) is 62.8 Å². The van der Waals surface area contributed by atoms with Crippen molar-refractivity contribution in [3.8, 4) is 11.5 Å². The van der Waals surface area contributed by atoms with Gasteiger partial charge in [-0.25, -0.2) is 0 Å². The van der Waals surface area contributed by atoms with Crippen molar-refractivity contribution in [1.82, 2.24) is 10.2 Å². The SMILES string of the molecule is CCN1CCCC1CNCc1cc(OC)c(OCC(=O)Nc2ccc(C)cc2)cc1Cl. The smallest absolute Gasteiger partial charge is 0.262 e. The van der Waals surface area contributed by atoms with E-state index >= 15 is 0 Å². The van der Waals surface area contributed by atoms with Crippen LogP contribution >= 0.6 is 11.6 Å². The van der Waals surface area contributed by atoms with Crippen LogP contribution in [0.1, 0.15) is 30.9 Å². The number of halogens is 1. The van der Waals surface area contributed by atoms with Gasteiger partial charge in [-0.15, -0.1) is 0 Å². The van der Waals surface area contributed by atoms with Crippen molar-refractivity contribution >= 4 is 23.2 Å². The van der Waals surface area contributed by atoms with E-state index in [2.05, 4.69) is 22.5 Å². The summed E-state index contributed by atoms with van der Waals surface area (Å²) in [6.45, 7) is 7.93. The van der Waals surface area contributed by atoms with Crippen LogP contribution in [0.2, 0.25) is 5.02 Å². The van der Waals surface area contributed by atoms with Crippen LogP contribution < -0.4 is 20.1 Å². The maximum Gasteiger partial charge on any atom is 0.262 e. The van der Waals surface area contributed by atoms with Gasteiger partial charge in [-0.1, -0.05) is 36.2 Å². The third kappa shape index (κ3) is 6.60. The Morgan fingerprint density at radius 3 is 2.71 bits per heavy atom. The summed E-state index contributed by atoms with van der Waals surface area (Å²) in [6, 6.07) is 11.8. The summed E-state index contributed by atoms with van der Waals surface area (Å²) in [5.74, 6) is 0.758. The molecule has 1 atom stereocenters. The van der Waals surface area contributed by atoms with Crippen LogP contribution in [0.4, 0.5) is 5.69 Å². The predicted molar refractivity (Wildman–Crippen MR) is 125 cm³/mol. The molecule has 2 N–H and O–H groups in total. The number of likely N-dealkylation sites (N-methyl/N-ethyl adjacent to an activating group) is 1. The van der Waals surface area contributed by atoms with Gasteiger partial charge in [-0.05, 0) is 56.6 Å². The van der Waals surface area contributed by atoms with E-state index in [-0.39, 0.29) is 12.5 Å². The molecule has 0 spiro atoms. The summed E-state index contributed by atoms with van der Waals surface area (Å²) >= 11 is 6.48. The minimum absolute atomic E-state index is 0.132. The Bertz CT molecular complexity index is 873. The lowest BCUT2D eigenvalue weighted by Gasteiger charge is -2.23. The Kier molecular flexibility index (Phi) is 8.58. The van der Waals surface area contributed by atoms with E-state index in [0.29, 0.717) is 29.1 Å². The number of nitrogens with one attached hydrogen (secondary N) is 2. The van der Waals surface area contributed by atoms with Crippen molar-refractivity contribution < 1.29 is 14.3 Å². The molecular formula is C24H32ClN3O3. The molecular weight excluding hydrogens is 414 g/mol. The quantitative estimate of drug-likeness (QED) is 0.572. The van der Waals surface area contributed by atoms with Crippen LogP contribution in [0, 0.1) is 6.92 Å². The predicted octanol–water partition coefficient (Wildman–Crippen LogP) is 4.25. The fourth-order valence-corrected chi connectivity index (χ4v) is 4.10. The molecule has 2 aromatic rings. The van der Waals surface area contributed by atoms with Crippen molar-refractivity contribution in [2.24, 2.45) is 0 Å². The maximum absolute atomic E-state index is 12.2. The van der Waals surface area contributed by atoms with Gasteiger partial charge in [0.15, 0.2) is 18.1 Å². The fraction of sp³-hybridized carbons (Fsp3) is 0.458. The zero-order valence-electron chi connectivity index (χ0n) is 18.5. The van der Waals surface area contributed by atoms with E-state index in [1.807, 2.05) is 37.3 Å². The highest BCUT2D eigenvalue weighted by molar-refractivity contribution is 6.31. The lowest BCUT2D eigenvalue weighted by Crippen LogP contribution is -2.37. The summed E-state index contributed by atoms with van der Waals surface area (Å²) in [5.41, 5.74) is 2.81. The molecule has 1 unspecified atom stereocenters. The number of anilines is 1. The van der Waals surface area contributed by atoms with E-state index in [1.54, 1.807) is 13.2 Å². The van der Waals surface area contributed by atoms with Gasteiger partial charge in [0.1, 0.15) is 0 Å². The zero-order valence-corrected chi connectivity index (χ0v) is 19.3. The normalized spacial score (nSPS) is 16.3. The number of hydrogen-bond acceptors (Lipinski definition) is 5. The summed E-state index contributed by atoms with van der Waals surface area (Å²) < 4.78 is 11.2. The summed E-state index contributed by atoms with van der Waals surface area (Å²) in [6.07, 6.45) is 2.49. The maximum atomic E-state index is 12.2. The van der Waals surface area contributed by atoms with Crippen LogP contribution in [0.15, 0.2) is 36.4 Å². The number of carbonyl (C=O) groups is 1. The number of aryl methyl sites for hydroxylation is 1. The fourth-order valence-electron chi connectivity index (χ4n) is 3.88.